The molecule has 96 valence electrons. The van der Waals surface area contributed by atoms with Crippen molar-refractivity contribution in [1.82, 2.24) is 10.1 Å². The second kappa shape index (κ2) is 4.97. The Morgan fingerprint density at radius 3 is 2.74 bits per heavy atom. The molecular formula is C14H13N3O2. The monoisotopic (exact) mass is 255 g/mol. The standard InChI is InChI=1S/C14H13N3O2/c15-11-5-2-1-4-10(11)7-8-13-16-14(17-19-13)12-6-3-9-18-12/h1-6,9H,7-8,15H2. The molecule has 19 heavy (non-hydrogen) atoms. The third kappa shape index (κ3) is 2.49. The number of nitrogens with two attached hydrogens (primary N) is 1. The summed E-state index contributed by atoms with van der Waals surface area (Å²) < 4.78 is 10.4. The molecule has 2 N–H and O–H groups in total. The summed E-state index contributed by atoms with van der Waals surface area (Å²) in [5.41, 5.74) is 7.75. The number of nitrogens with zero attached hydrogens (tertiary/aromatic N) is 2. The third-order valence-electron chi connectivity index (χ3n) is 2.87. The Morgan fingerprint density at radius 1 is 1.05 bits per heavy atom. The van der Waals surface area contributed by atoms with Gasteiger partial charge in [-0.15, -0.1) is 0 Å². The van der Waals surface area contributed by atoms with Gasteiger partial charge >= 0.3 is 0 Å². The summed E-state index contributed by atoms with van der Waals surface area (Å²) in [6.45, 7) is 0. The van der Waals surface area contributed by atoms with E-state index in [0.717, 1.165) is 17.7 Å². The maximum atomic E-state index is 5.89. The Bertz CT molecular complexity index is 659. The molecule has 0 atom stereocenters. The van der Waals surface area contributed by atoms with Crippen LogP contribution in [0.3, 0.4) is 0 Å². The fourth-order valence-corrected chi connectivity index (χ4v) is 1.87. The van der Waals surface area contributed by atoms with Crippen molar-refractivity contribution in [3.8, 4) is 11.6 Å². The summed E-state index contributed by atoms with van der Waals surface area (Å²) in [6, 6.07) is 11.4. The number of para-hydroxylation sites is 1. The highest BCUT2D eigenvalue weighted by atomic mass is 16.5. The van der Waals surface area contributed by atoms with Crippen molar-refractivity contribution in [1.29, 1.82) is 0 Å². The molecule has 1 aromatic carbocycles. The Balaban J connectivity index is 1.70. The van der Waals surface area contributed by atoms with E-state index in [-0.39, 0.29) is 0 Å². The van der Waals surface area contributed by atoms with Gasteiger partial charge in [0.2, 0.25) is 11.7 Å². The molecule has 0 unspecified atom stereocenters. The Kier molecular flexibility index (Phi) is 3.02. The molecule has 0 amide bonds. The van der Waals surface area contributed by atoms with Crippen molar-refractivity contribution in [3.63, 3.8) is 0 Å². The molecule has 0 bridgehead atoms. The molecule has 3 rings (SSSR count). The highest BCUT2D eigenvalue weighted by Crippen LogP contribution is 2.17. The molecule has 2 heterocycles. The largest absolute Gasteiger partial charge is 0.461 e. The van der Waals surface area contributed by atoms with Gasteiger partial charge in [-0.2, -0.15) is 4.98 Å². The van der Waals surface area contributed by atoms with E-state index in [4.69, 9.17) is 14.7 Å². The van der Waals surface area contributed by atoms with Crippen LogP contribution in [0.4, 0.5) is 5.69 Å². The first-order chi connectivity index (χ1) is 9.33. The lowest BCUT2D eigenvalue weighted by molar-refractivity contribution is 0.377. The van der Waals surface area contributed by atoms with E-state index in [9.17, 15) is 0 Å². The van der Waals surface area contributed by atoms with Crippen molar-refractivity contribution >= 4 is 5.69 Å². The average Bonchev–Trinajstić information content (AvgIpc) is 3.09. The highest BCUT2D eigenvalue weighted by Gasteiger charge is 2.11. The molecule has 0 fully saturated rings. The second-order valence-electron chi connectivity index (χ2n) is 4.19. The summed E-state index contributed by atoms with van der Waals surface area (Å²) in [5.74, 6) is 1.66. The first kappa shape index (κ1) is 11.5. The summed E-state index contributed by atoms with van der Waals surface area (Å²) >= 11 is 0. The zero-order valence-electron chi connectivity index (χ0n) is 10.2. The van der Waals surface area contributed by atoms with Gasteiger partial charge in [0.1, 0.15) is 0 Å². The molecular weight excluding hydrogens is 242 g/mol. The molecule has 0 spiro atoms. The number of hydrogen-bond donors (Lipinski definition) is 1. The number of aryl methyl sites for hydroxylation is 2. The van der Waals surface area contributed by atoms with Gasteiger partial charge in [0.05, 0.1) is 6.26 Å². The summed E-state index contributed by atoms with van der Waals surface area (Å²) in [5, 5.41) is 3.88. The third-order valence-corrected chi connectivity index (χ3v) is 2.87. The van der Waals surface area contributed by atoms with Gasteiger partial charge in [0.25, 0.3) is 0 Å². The van der Waals surface area contributed by atoms with Gasteiger partial charge in [0, 0.05) is 12.1 Å². The van der Waals surface area contributed by atoms with E-state index in [1.165, 1.54) is 0 Å². The fourth-order valence-electron chi connectivity index (χ4n) is 1.87. The maximum absolute atomic E-state index is 5.89. The quantitative estimate of drug-likeness (QED) is 0.725. The van der Waals surface area contributed by atoms with Crippen LogP contribution >= 0.6 is 0 Å². The topological polar surface area (TPSA) is 78.1 Å². The first-order valence-corrected chi connectivity index (χ1v) is 6.03. The van der Waals surface area contributed by atoms with Crippen LogP contribution in [0.15, 0.2) is 51.6 Å². The van der Waals surface area contributed by atoms with Crippen LogP contribution < -0.4 is 5.73 Å². The Morgan fingerprint density at radius 2 is 1.95 bits per heavy atom. The zero-order chi connectivity index (χ0) is 13.1. The molecule has 3 aromatic rings. The number of aromatic nitrogens is 2. The normalized spacial score (nSPS) is 10.7. The number of anilines is 1. The SMILES string of the molecule is Nc1ccccc1CCc1nc(-c2ccco2)no1. The minimum atomic E-state index is 0.473. The van der Waals surface area contributed by atoms with Crippen molar-refractivity contribution in [3.05, 3.63) is 54.1 Å². The molecule has 5 heteroatoms. The molecule has 0 aliphatic carbocycles. The van der Waals surface area contributed by atoms with E-state index < -0.39 is 0 Å². The molecule has 0 radical (unpaired) electrons. The van der Waals surface area contributed by atoms with Gasteiger partial charge < -0.3 is 14.7 Å². The van der Waals surface area contributed by atoms with Gasteiger partial charge in [-0.25, -0.2) is 0 Å². The number of nitrogen functional groups attached to an aromatic ring is 1. The number of furan rings is 1. The predicted octanol–water partition coefficient (Wildman–Crippen LogP) is 2.70. The number of rotatable bonds is 4. The van der Waals surface area contributed by atoms with Gasteiger partial charge in [-0.05, 0) is 30.2 Å². The van der Waals surface area contributed by atoms with Crippen LogP contribution in [0.25, 0.3) is 11.6 Å². The van der Waals surface area contributed by atoms with Gasteiger partial charge in [-0.3, -0.25) is 0 Å². The van der Waals surface area contributed by atoms with Crippen LogP contribution in [-0.2, 0) is 12.8 Å². The number of benzene rings is 1. The number of hydrogen-bond acceptors (Lipinski definition) is 5. The first-order valence-electron chi connectivity index (χ1n) is 6.03. The smallest absolute Gasteiger partial charge is 0.238 e. The van der Waals surface area contributed by atoms with Crippen LogP contribution in [0.5, 0.6) is 0 Å². The van der Waals surface area contributed by atoms with E-state index in [0.29, 0.717) is 23.9 Å². The minimum absolute atomic E-state index is 0.473. The Labute approximate surface area is 110 Å². The van der Waals surface area contributed by atoms with Gasteiger partial charge in [-0.1, -0.05) is 23.4 Å². The van der Waals surface area contributed by atoms with Crippen LogP contribution in [0.2, 0.25) is 0 Å². The zero-order valence-corrected chi connectivity index (χ0v) is 10.2. The molecule has 0 saturated carbocycles. The highest BCUT2D eigenvalue weighted by molar-refractivity contribution is 5.47. The van der Waals surface area contributed by atoms with E-state index in [2.05, 4.69) is 10.1 Å². The van der Waals surface area contributed by atoms with E-state index >= 15 is 0 Å². The van der Waals surface area contributed by atoms with Gasteiger partial charge in [0.15, 0.2) is 5.76 Å². The average molecular weight is 255 g/mol. The Hall–Kier alpha value is -2.56. The molecule has 2 aromatic heterocycles. The lowest BCUT2D eigenvalue weighted by atomic mass is 10.1. The van der Waals surface area contributed by atoms with Crippen molar-refractivity contribution in [2.75, 3.05) is 5.73 Å². The van der Waals surface area contributed by atoms with Crippen LogP contribution in [-0.4, -0.2) is 10.1 Å². The molecule has 0 aliphatic rings. The molecule has 0 aliphatic heterocycles. The van der Waals surface area contributed by atoms with Crippen LogP contribution in [0.1, 0.15) is 11.5 Å². The van der Waals surface area contributed by atoms with E-state index in [1.807, 2.05) is 24.3 Å². The second-order valence-corrected chi connectivity index (χ2v) is 4.19. The van der Waals surface area contributed by atoms with Crippen molar-refractivity contribution in [2.45, 2.75) is 12.8 Å². The summed E-state index contributed by atoms with van der Waals surface area (Å²) in [4.78, 5) is 4.29. The summed E-state index contributed by atoms with van der Waals surface area (Å²) in [6.07, 6.45) is 3.00. The lowest BCUT2D eigenvalue weighted by Gasteiger charge is -2.02. The lowest BCUT2D eigenvalue weighted by Crippen LogP contribution is -1.96. The van der Waals surface area contributed by atoms with Crippen molar-refractivity contribution in [2.24, 2.45) is 0 Å². The van der Waals surface area contributed by atoms with Crippen molar-refractivity contribution < 1.29 is 8.94 Å². The van der Waals surface area contributed by atoms with Crippen LogP contribution in [0, 0.1) is 0 Å². The molecule has 0 saturated heterocycles. The fraction of sp³-hybridized carbons (Fsp3) is 0.143. The van der Waals surface area contributed by atoms with E-state index in [1.54, 1.807) is 18.4 Å². The summed E-state index contributed by atoms with van der Waals surface area (Å²) in [7, 11) is 0. The maximum Gasteiger partial charge on any atom is 0.238 e. The predicted molar refractivity (Wildman–Crippen MR) is 70.3 cm³/mol. The molecule has 5 nitrogen and oxygen atoms in total. The minimum Gasteiger partial charge on any atom is -0.461 e.